The highest BCUT2D eigenvalue weighted by atomic mass is 35.5. The number of carbonyl (C=O) groups excluding carboxylic acids is 1. The molecule has 32 heavy (non-hydrogen) atoms. The van der Waals surface area contributed by atoms with Gasteiger partial charge in [0, 0.05) is 31.4 Å². The second kappa shape index (κ2) is 10.1. The fraction of sp³-hybridized carbons (Fsp3) is 0.250. The molecule has 4 rings (SSSR count). The van der Waals surface area contributed by atoms with E-state index in [2.05, 4.69) is 32.0 Å². The number of benzene rings is 1. The van der Waals surface area contributed by atoms with Gasteiger partial charge in [-0.15, -0.1) is 11.3 Å². The summed E-state index contributed by atoms with van der Waals surface area (Å²) in [7, 11) is 0. The van der Waals surface area contributed by atoms with Gasteiger partial charge < -0.3 is 9.64 Å². The van der Waals surface area contributed by atoms with Crippen LogP contribution in [0, 0.1) is 6.92 Å². The minimum atomic E-state index is -0.349. The third-order valence-electron chi connectivity index (χ3n) is 5.08. The summed E-state index contributed by atoms with van der Waals surface area (Å²) in [5.41, 5.74) is 2.96. The highest BCUT2D eigenvalue weighted by Gasteiger charge is 2.24. The molecule has 4 aromatic rings. The lowest BCUT2D eigenvalue weighted by molar-refractivity contribution is 0.0531. The van der Waals surface area contributed by atoms with Crippen molar-refractivity contribution in [2.75, 3.05) is 18.1 Å². The number of thiophene rings is 1. The lowest BCUT2D eigenvalue weighted by Crippen LogP contribution is -2.27. The molecule has 0 spiro atoms. The predicted molar refractivity (Wildman–Crippen MR) is 129 cm³/mol. The molecule has 3 aromatic heterocycles. The van der Waals surface area contributed by atoms with E-state index in [0.29, 0.717) is 35.2 Å². The van der Waals surface area contributed by atoms with Crippen molar-refractivity contribution in [2.45, 2.75) is 26.8 Å². The smallest absolute Gasteiger partial charge is 0.348 e. The first kappa shape index (κ1) is 22.2. The zero-order chi connectivity index (χ0) is 22.5. The summed E-state index contributed by atoms with van der Waals surface area (Å²) >= 11 is 7.61. The van der Waals surface area contributed by atoms with Gasteiger partial charge in [0.1, 0.15) is 15.5 Å². The predicted octanol–water partition coefficient (Wildman–Crippen LogP) is 5.47. The average molecular weight is 467 g/mol. The van der Waals surface area contributed by atoms with Gasteiger partial charge in [0.15, 0.2) is 0 Å². The third-order valence-corrected chi connectivity index (χ3v) is 6.42. The Bertz CT molecular complexity index is 1220. The molecular formula is C24H23ClN4O2S. The van der Waals surface area contributed by atoms with Crippen LogP contribution < -0.4 is 4.90 Å². The van der Waals surface area contributed by atoms with Crippen LogP contribution in [-0.4, -0.2) is 34.1 Å². The molecule has 6 nitrogen and oxygen atoms in total. The highest BCUT2D eigenvalue weighted by molar-refractivity contribution is 7.20. The molecule has 1 aromatic carbocycles. The minimum Gasteiger partial charge on any atom is -0.462 e. The van der Waals surface area contributed by atoms with Crippen molar-refractivity contribution in [3.63, 3.8) is 0 Å². The number of hydrogen-bond acceptors (Lipinski definition) is 7. The number of carbonyl (C=O) groups is 1. The van der Waals surface area contributed by atoms with Crippen molar-refractivity contribution in [3.05, 3.63) is 81.7 Å². The quantitative estimate of drug-likeness (QED) is 0.253. The normalized spacial score (nSPS) is 11.0. The highest BCUT2D eigenvalue weighted by Crippen LogP contribution is 2.37. The Labute approximate surface area is 195 Å². The van der Waals surface area contributed by atoms with Gasteiger partial charge in [0.05, 0.1) is 12.0 Å². The SMILES string of the molecule is CCOC(=O)c1sc2nc(Cl)nc(N(CCc3ccccn3)Cc3ccccc3)c2c1C. The first-order valence-electron chi connectivity index (χ1n) is 10.4. The van der Waals surface area contributed by atoms with E-state index in [4.69, 9.17) is 16.3 Å². The van der Waals surface area contributed by atoms with Crippen LogP contribution in [0.4, 0.5) is 5.82 Å². The number of aryl methyl sites for hydroxylation is 1. The van der Waals surface area contributed by atoms with Crippen LogP contribution >= 0.6 is 22.9 Å². The van der Waals surface area contributed by atoms with E-state index in [1.807, 2.05) is 43.3 Å². The van der Waals surface area contributed by atoms with Crippen LogP contribution in [0.2, 0.25) is 5.28 Å². The molecule has 8 heteroatoms. The maximum Gasteiger partial charge on any atom is 0.348 e. The topological polar surface area (TPSA) is 68.2 Å². The van der Waals surface area contributed by atoms with Crippen molar-refractivity contribution in [2.24, 2.45) is 0 Å². The van der Waals surface area contributed by atoms with Crippen LogP contribution in [0.1, 0.15) is 33.4 Å². The van der Waals surface area contributed by atoms with E-state index >= 15 is 0 Å². The van der Waals surface area contributed by atoms with Gasteiger partial charge in [0.25, 0.3) is 0 Å². The van der Waals surface area contributed by atoms with Crippen molar-refractivity contribution in [1.82, 2.24) is 15.0 Å². The van der Waals surface area contributed by atoms with Crippen LogP contribution in [-0.2, 0) is 17.7 Å². The average Bonchev–Trinajstić information content (AvgIpc) is 3.14. The second-order valence-corrected chi connectivity index (χ2v) is 8.59. The summed E-state index contributed by atoms with van der Waals surface area (Å²) in [6.07, 6.45) is 2.54. The van der Waals surface area contributed by atoms with E-state index in [0.717, 1.165) is 28.6 Å². The minimum absolute atomic E-state index is 0.153. The second-order valence-electron chi connectivity index (χ2n) is 7.25. The van der Waals surface area contributed by atoms with Crippen molar-refractivity contribution >= 4 is 44.9 Å². The molecule has 0 radical (unpaired) electrons. The first-order valence-corrected chi connectivity index (χ1v) is 11.6. The largest absolute Gasteiger partial charge is 0.462 e. The Morgan fingerprint density at radius 1 is 1.12 bits per heavy atom. The molecule has 0 N–H and O–H groups in total. The number of halogens is 1. The van der Waals surface area contributed by atoms with Crippen LogP contribution in [0.15, 0.2) is 54.7 Å². The number of esters is 1. The van der Waals surface area contributed by atoms with Gasteiger partial charge in [-0.1, -0.05) is 36.4 Å². The fourth-order valence-corrected chi connectivity index (χ4v) is 4.86. The van der Waals surface area contributed by atoms with Crippen molar-refractivity contribution in [3.8, 4) is 0 Å². The number of pyridine rings is 1. The lowest BCUT2D eigenvalue weighted by atomic mass is 10.1. The standard InChI is InChI=1S/C24H23ClN4O2S/c1-3-31-23(30)20-16(2)19-21(27-24(25)28-22(19)32-20)29(15-17-9-5-4-6-10-17)14-12-18-11-7-8-13-26-18/h4-11,13H,3,12,14-15H2,1-2H3. The number of nitrogens with zero attached hydrogens (tertiary/aromatic N) is 4. The third kappa shape index (κ3) is 4.89. The van der Waals surface area contributed by atoms with Crippen molar-refractivity contribution < 1.29 is 9.53 Å². The van der Waals surface area contributed by atoms with E-state index < -0.39 is 0 Å². The number of aromatic nitrogens is 3. The number of anilines is 1. The van der Waals surface area contributed by atoms with Crippen LogP contribution in [0.25, 0.3) is 10.2 Å². The first-order chi connectivity index (χ1) is 15.6. The molecule has 0 saturated carbocycles. The molecule has 0 fully saturated rings. The summed E-state index contributed by atoms with van der Waals surface area (Å²) in [5.74, 6) is 0.363. The number of ether oxygens (including phenoxy) is 1. The van der Waals surface area contributed by atoms with E-state index in [1.54, 1.807) is 13.1 Å². The molecule has 0 aliphatic rings. The Morgan fingerprint density at radius 2 is 1.91 bits per heavy atom. The molecule has 0 amide bonds. The zero-order valence-electron chi connectivity index (χ0n) is 17.9. The summed E-state index contributed by atoms with van der Waals surface area (Å²) in [6, 6.07) is 16.1. The molecule has 0 saturated heterocycles. The molecule has 0 aliphatic heterocycles. The summed E-state index contributed by atoms with van der Waals surface area (Å²) in [4.78, 5) is 29.3. The zero-order valence-corrected chi connectivity index (χ0v) is 19.5. The van der Waals surface area contributed by atoms with E-state index in [-0.39, 0.29) is 11.3 Å². The summed E-state index contributed by atoms with van der Waals surface area (Å²) < 4.78 is 5.24. The number of hydrogen-bond donors (Lipinski definition) is 0. The van der Waals surface area contributed by atoms with E-state index in [1.165, 1.54) is 11.3 Å². The molecule has 3 heterocycles. The van der Waals surface area contributed by atoms with Gasteiger partial charge in [0.2, 0.25) is 5.28 Å². The molecule has 0 aliphatic carbocycles. The maximum atomic E-state index is 12.5. The van der Waals surface area contributed by atoms with Crippen molar-refractivity contribution in [1.29, 1.82) is 0 Å². The van der Waals surface area contributed by atoms with Gasteiger partial charge >= 0.3 is 5.97 Å². The summed E-state index contributed by atoms with van der Waals surface area (Å²) in [5, 5.41) is 0.986. The monoisotopic (exact) mass is 466 g/mol. The summed E-state index contributed by atoms with van der Waals surface area (Å²) in [6.45, 7) is 5.34. The van der Waals surface area contributed by atoms with Gasteiger partial charge in [-0.25, -0.2) is 9.78 Å². The Balaban J connectivity index is 1.77. The van der Waals surface area contributed by atoms with Gasteiger partial charge in [-0.2, -0.15) is 4.98 Å². The number of fused-ring (bicyclic) bond motifs is 1. The Hall–Kier alpha value is -3.03. The maximum absolute atomic E-state index is 12.5. The van der Waals surface area contributed by atoms with Crippen LogP contribution in [0.3, 0.4) is 0 Å². The molecular weight excluding hydrogens is 444 g/mol. The van der Waals surface area contributed by atoms with E-state index in [9.17, 15) is 4.79 Å². The Morgan fingerprint density at radius 3 is 2.62 bits per heavy atom. The fourth-order valence-electron chi connectivity index (χ4n) is 3.57. The molecule has 0 bridgehead atoms. The molecule has 164 valence electrons. The van der Waals surface area contributed by atoms with Gasteiger partial charge in [-0.05, 0) is 48.7 Å². The Kier molecular flexibility index (Phi) is 6.97. The lowest BCUT2D eigenvalue weighted by Gasteiger charge is -2.25. The molecule has 0 unspecified atom stereocenters. The van der Waals surface area contributed by atoms with Crippen LogP contribution in [0.5, 0.6) is 0 Å². The van der Waals surface area contributed by atoms with Gasteiger partial charge in [-0.3, -0.25) is 4.98 Å². The molecule has 0 atom stereocenters. The number of rotatable bonds is 8.